The highest BCUT2D eigenvalue weighted by Crippen LogP contribution is 2.46. The molecule has 0 unspecified atom stereocenters. The van der Waals surface area contributed by atoms with Gasteiger partial charge in [-0.2, -0.15) is 0 Å². The topological polar surface area (TPSA) is 55.4 Å². The van der Waals surface area contributed by atoms with E-state index in [1.54, 1.807) is 0 Å². The van der Waals surface area contributed by atoms with Crippen LogP contribution in [0.1, 0.15) is 221 Å². The van der Waals surface area contributed by atoms with Crippen LogP contribution in [-0.2, 0) is 0 Å². The molecule has 0 aliphatic heterocycles. The molecular weight excluding hydrogens is 841 g/mol. The van der Waals surface area contributed by atoms with Crippen LogP contribution < -0.4 is 28.4 Å². The molecule has 5 aromatic rings. The average Bonchev–Trinajstić information content (AvgIpc) is 3.35. The summed E-state index contributed by atoms with van der Waals surface area (Å²) < 4.78 is 40.1. The second-order valence-corrected chi connectivity index (χ2v) is 19.6. The lowest BCUT2D eigenvalue weighted by Crippen LogP contribution is -2.04. The molecule has 0 aliphatic carbocycles. The fourth-order valence-corrected chi connectivity index (χ4v) is 9.41. The van der Waals surface area contributed by atoms with Gasteiger partial charge in [-0.05, 0) is 130 Å². The largest absolute Gasteiger partial charge is 0.490 e. The van der Waals surface area contributed by atoms with E-state index in [4.69, 9.17) is 28.4 Å². The predicted octanol–water partition coefficient (Wildman–Crippen LogP) is 19.6. The minimum absolute atomic E-state index is 0.667. The van der Waals surface area contributed by atoms with Crippen LogP contribution in [-0.4, -0.2) is 39.6 Å². The highest BCUT2D eigenvalue weighted by Gasteiger charge is 2.20. The number of benzene rings is 5. The van der Waals surface area contributed by atoms with Gasteiger partial charge in [-0.15, -0.1) is 0 Å². The van der Waals surface area contributed by atoms with Gasteiger partial charge >= 0.3 is 0 Å². The summed E-state index contributed by atoms with van der Waals surface area (Å²) in [4.78, 5) is 0. The van der Waals surface area contributed by atoms with Crippen molar-refractivity contribution in [1.29, 1.82) is 0 Å². The standard InChI is InChI=1S/C62H94O6/c1-7-13-19-25-27-33-39-63-57-43-49-41-51-52(42-50(49)44-58(57)64-40-34-28-26-20-14-8-2)54-46-60(66-36-30-22-16-10-4)62(68-38-32-24-18-12-6)48-56(54)55-47-61(67-37-31-23-17-11-5)59(45-53(51)55)65-35-29-21-15-9-3/h41-48H,7-40H2,1-6H3. The van der Waals surface area contributed by atoms with Crippen molar-refractivity contribution in [3.8, 4) is 34.5 Å². The van der Waals surface area contributed by atoms with E-state index in [0.717, 1.165) is 131 Å². The molecule has 0 aliphatic rings. The summed E-state index contributed by atoms with van der Waals surface area (Å²) >= 11 is 0. The SMILES string of the molecule is CCCCCCCCOc1cc2cc3c4cc(OCCCCCC)c(OCCCCCC)cc4c4cc(OCCCCCC)c(OCCCCCC)cc4c3cc2cc1OCCCCCCCC. The van der Waals surface area contributed by atoms with Crippen molar-refractivity contribution in [2.24, 2.45) is 0 Å². The Hall–Kier alpha value is -4.06. The average molecular weight is 935 g/mol. The number of unbranched alkanes of at least 4 members (excludes halogenated alkanes) is 22. The van der Waals surface area contributed by atoms with E-state index in [0.29, 0.717) is 39.6 Å². The van der Waals surface area contributed by atoms with Gasteiger partial charge in [0.1, 0.15) is 0 Å². The van der Waals surface area contributed by atoms with Gasteiger partial charge in [0.05, 0.1) is 39.6 Å². The van der Waals surface area contributed by atoms with E-state index in [2.05, 4.69) is 90.1 Å². The molecule has 5 rings (SSSR count). The second kappa shape index (κ2) is 32.7. The van der Waals surface area contributed by atoms with E-state index in [1.165, 1.54) is 126 Å². The Labute approximate surface area is 413 Å². The van der Waals surface area contributed by atoms with Crippen LogP contribution in [0.5, 0.6) is 34.5 Å². The smallest absolute Gasteiger partial charge is 0.161 e. The Balaban J connectivity index is 1.68. The first-order valence-electron chi connectivity index (χ1n) is 28.3. The maximum atomic E-state index is 6.71. The van der Waals surface area contributed by atoms with Crippen LogP contribution in [0, 0.1) is 0 Å². The zero-order chi connectivity index (χ0) is 48.0. The fourth-order valence-electron chi connectivity index (χ4n) is 9.41. The number of hydrogen-bond donors (Lipinski definition) is 0. The van der Waals surface area contributed by atoms with E-state index in [1.807, 2.05) is 0 Å². The summed E-state index contributed by atoms with van der Waals surface area (Å²) in [5.74, 6) is 4.98. The Morgan fingerprint density at radius 2 is 0.382 bits per heavy atom. The molecule has 0 atom stereocenters. The van der Waals surface area contributed by atoms with Crippen LogP contribution in [0.3, 0.4) is 0 Å². The highest BCUT2D eigenvalue weighted by molar-refractivity contribution is 6.28. The molecule has 0 saturated carbocycles. The summed E-state index contributed by atoms with van der Waals surface area (Å²) in [6.07, 6.45) is 33.1. The fraction of sp³-hybridized carbons (Fsp3) is 0.645. The van der Waals surface area contributed by atoms with E-state index < -0.39 is 0 Å². The summed E-state index contributed by atoms with van der Waals surface area (Å²) in [5.41, 5.74) is 0. The van der Waals surface area contributed by atoms with Crippen molar-refractivity contribution in [2.45, 2.75) is 221 Å². The number of rotatable bonds is 40. The lowest BCUT2D eigenvalue weighted by molar-refractivity contribution is 0.259. The van der Waals surface area contributed by atoms with Crippen LogP contribution in [0.15, 0.2) is 48.5 Å². The summed E-state index contributed by atoms with van der Waals surface area (Å²) in [6.45, 7) is 17.6. The van der Waals surface area contributed by atoms with Gasteiger partial charge in [-0.25, -0.2) is 0 Å². The van der Waals surface area contributed by atoms with Crippen LogP contribution in [0.2, 0.25) is 0 Å². The first-order chi connectivity index (χ1) is 33.6. The van der Waals surface area contributed by atoms with Crippen molar-refractivity contribution in [2.75, 3.05) is 39.6 Å². The molecular formula is C62H94O6. The van der Waals surface area contributed by atoms with Gasteiger partial charge in [0.25, 0.3) is 0 Å². The van der Waals surface area contributed by atoms with Gasteiger partial charge in [0, 0.05) is 0 Å². The zero-order valence-corrected chi connectivity index (χ0v) is 44.1. The Morgan fingerprint density at radius 3 is 0.618 bits per heavy atom. The highest BCUT2D eigenvalue weighted by atomic mass is 16.5. The molecule has 0 fully saturated rings. The first kappa shape index (κ1) is 54.9. The molecule has 0 aromatic heterocycles. The van der Waals surface area contributed by atoms with E-state index in [-0.39, 0.29) is 0 Å². The van der Waals surface area contributed by atoms with Crippen LogP contribution in [0.25, 0.3) is 43.1 Å². The third-order valence-corrected chi connectivity index (χ3v) is 13.6. The van der Waals surface area contributed by atoms with Gasteiger partial charge in [-0.1, -0.05) is 183 Å². The zero-order valence-electron chi connectivity index (χ0n) is 44.1. The van der Waals surface area contributed by atoms with E-state index in [9.17, 15) is 0 Å². The molecule has 68 heavy (non-hydrogen) atoms. The van der Waals surface area contributed by atoms with Gasteiger partial charge in [0.15, 0.2) is 34.5 Å². The van der Waals surface area contributed by atoms with Crippen molar-refractivity contribution < 1.29 is 28.4 Å². The molecule has 6 heteroatoms. The Bertz CT molecular complexity index is 2010. The minimum Gasteiger partial charge on any atom is -0.490 e. The number of ether oxygens (including phenoxy) is 6. The molecule has 378 valence electrons. The lowest BCUT2D eigenvalue weighted by Gasteiger charge is -2.20. The predicted molar refractivity (Wildman–Crippen MR) is 293 cm³/mol. The molecule has 0 N–H and O–H groups in total. The third-order valence-electron chi connectivity index (χ3n) is 13.6. The van der Waals surface area contributed by atoms with Gasteiger partial charge in [-0.3, -0.25) is 0 Å². The molecule has 0 amide bonds. The van der Waals surface area contributed by atoms with E-state index >= 15 is 0 Å². The number of hydrogen-bond acceptors (Lipinski definition) is 6. The van der Waals surface area contributed by atoms with Crippen LogP contribution >= 0.6 is 0 Å². The normalized spacial score (nSPS) is 11.6. The summed E-state index contributed by atoms with van der Waals surface area (Å²) in [7, 11) is 0. The third kappa shape index (κ3) is 17.7. The lowest BCUT2D eigenvalue weighted by atomic mass is 9.91. The molecule has 6 nitrogen and oxygen atoms in total. The molecule has 0 bridgehead atoms. The maximum absolute atomic E-state index is 6.71. The minimum atomic E-state index is 0.667. The number of fused-ring (bicyclic) bond motifs is 7. The second-order valence-electron chi connectivity index (χ2n) is 19.6. The first-order valence-corrected chi connectivity index (χ1v) is 28.3. The maximum Gasteiger partial charge on any atom is 0.161 e. The van der Waals surface area contributed by atoms with Crippen molar-refractivity contribution in [3.63, 3.8) is 0 Å². The Morgan fingerprint density at radius 1 is 0.206 bits per heavy atom. The van der Waals surface area contributed by atoms with Crippen LogP contribution in [0.4, 0.5) is 0 Å². The summed E-state index contributed by atoms with van der Waals surface area (Å²) in [5, 5.41) is 9.20. The van der Waals surface area contributed by atoms with Crippen molar-refractivity contribution in [1.82, 2.24) is 0 Å². The Kier molecular flexibility index (Phi) is 26.4. The monoisotopic (exact) mass is 935 g/mol. The van der Waals surface area contributed by atoms with Crippen molar-refractivity contribution >= 4 is 43.1 Å². The molecule has 0 radical (unpaired) electrons. The van der Waals surface area contributed by atoms with Gasteiger partial charge in [0.2, 0.25) is 0 Å². The van der Waals surface area contributed by atoms with Crippen molar-refractivity contribution in [3.05, 3.63) is 48.5 Å². The molecule has 0 saturated heterocycles. The molecule has 5 aromatic carbocycles. The van der Waals surface area contributed by atoms with Gasteiger partial charge < -0.3 is 28.4 Å². The molecule has 0 spiro atoms. The summed E-state index contributed by atoms with van der Waals surface area (Å²) in [6, 6.07) is 18.3. The molecule has 0 heterocycles. The quantitative estimate of drug-likeness (QED) is 0.0222.